The molecule has 1 aliphatic heterocycles. The summed E-state index contributed by atoms with van der Waals surface area (Å²) in [6.45, 7) is 5.10. The van der Waals surface area contributed by atoms with Crippen molar-refractivity contribution in [1.82, 2.24) is 14.9 Å². The molecule has 4 N–H and O–H groups in total. The minimum atomic E-state index is -0.649. The Morgan fingerprint density at radius 3 is 2.21 bits per heavy atom. The number of nitrogens with zero attached hydrogens (tertiary/aromatic N) is 4. The molecule has 1 aliphatic rings. The van der Waals surface area contributed by atoms with Crippen LogP contribution in [0.3, 0.4) is 0 Å². The van der Waals surface area contributed by atoms with Gasteiger partial charge in [-0.15, -0.1) is 0 Å². The molecule has 154 valence electrons. The zero-order valence-electron chi connectivity index (χ0n) is 16.8. The Labute approximate surface area is 171 Å². The highest BCUT2D eigenvalue weighted by atomic mass is 16.2. The first-order chi connectivity index (χ1) is 13.9. The van der Waals surface area contributed by atoms with Gasteiger partial charge < -0.3 is 15.5 Å². The summed E-state index contributed by atoms with van der Waals surface area (Å²) in [6, 6.07) is 11.5. The fraction of sp³-hybridized carbons (Fsp3) is 0.381. The van der Waals surface area contributed by atoms with Crippen LogP contribution in [0.15, 0.2) is 42.6 Å². The van der Waals surface area contributed by atoms with Crippen molar-refractivity contribution in [3.05, 3.63) is 59.4 Å². The number of amides is 3. The molecular weight excluding hydrogens is 368 g/mol. The molecule has 0 aliphatic carbocycles. The number of nitrogens with two attached hydrogens (primary N) is 2. The van der Waals surface area contributed by atoms with E-state index in [1.54, 1.807) is 6.92 Å². The summed E-state index contributed by atoms with van der Waals surface area (Å²) in [6.07, 6.45) is 3.65. The van der Waals surface area contributed by atoms with E-state index < -0.39 is 6.03 Å². The summed E-state index contributed by atoms with van der Waals surface area (Å²) in [4.78, 5) is 31.2. The molecule has 2 heterocycles. The van der Waals surface area contributed by atoms with Crippen LogP contribution >= 0.6 is 0 Å². The van der Waals surface area contributed by atoms with Crippen LogP contribution in [0.5, 0.6) is 0 Å². The topological polar surface area (TPSA) is 109 Å². The van der Waals surface area contributed by atoms with E-state index in [1.165, 1.54) is 5.56 Å². The monoisotopic (exact) mass is 396 g/mol. The number of carbonyl (C=O) groups excluding carboxylic acids is 2. The Kier molecular flexibility index (Phi) is 6.66. The highest BCUT2D eigenvalue weighted by molar-refractivity contribution is 5.73. The zero-order valence-corrected chi connectivity index (χ0v) is 16.8. The molecule has 3 amide bonds. The summed E-state index contributed by atoms with van der Waals surface area (Å²) in [5, 5.41) is 0.987. The third-order valence-corrected chi connectivity index (χ3v) is 5.23. The number of urea groups is 1. The van der Waals surface area contributed by atoms with Crippen molar-refractivity contribution in [2.24, 2.45) is 11.6 Å². The lowest BCUT2D eigenvalue weighted by molar-refractivity contribution is -0.129. The maximum atomic E-state index is 11.4. The van der Waals surface area contributed by atoms with Crippen LogP contribution in [0.1, 0.15) is 23.7 Å². The molecule has 0 unspecified atom stereocenters. The molecule has 1 aromatic carbocycles. The van der Waals surface area contributed by atoms with E-state index in [2.05, 4.69) is 22.0 Å². The maximum Gasteiger partial charge on any atom is 0.329 e. The van der Waals surface area contributed by atoms with E-state index >= 15 is 0 Å². The van der Waals surface area contributed by atoms with E-state index in [9.17, 15) is 9.59 Å². The van der Waals surface area contributed by atoms with Crippen molar-refractivity contribution in [2.75, 3.05) is 31.1 Å². The Morgan fingerprint density at radius 2 is 1.66 bits per heavy atom. The van der Waals surface area contributed by atoms with Crippen molar-refractivity contribution >= 4 is 17.6 Å². The maximum absolute atomic E-state index is 11.4. The van der Waals surface area contributed by atoms with Gasteiger partial charge in [0.05, 0.1) is 18.4 Å². The summed E-state index contributed by atoms with van der Waals surface area (Å²) in [5.74, 6) is 5.68. The van der Waals surface area contributed by atoms with E-state index in [0.29, 0.717) is 6.54 Å². The van der Waals surface area contributed by atoms with Gasteiger partial charge in [-0.1, -0.05) is 24.3 Å². The summed E-state index contributed by atoms with van der Waals surface area (Å²) >= 11 is 0. The number of rotatable bonds is 6. The molecule has 0 radical (unpaired) electrons. The number of pyridine rings is 1. The first-order valence-electron chi connectivity index (χ1n) is 9.77. The van der Waals surface area contributed by atoms with Crippen molar-refractivity contribution in [3.63, 3.8) is 0 Å². The van der Waals surface area contributed by atoms with Crippen molar-refractivity contribution < 1.29 is 9.59 Å². The van der Waals surface area contributed by atoms with Crippen LogP contribution < -0.4 is 16.5 Å². The smallest absolute Gasteiger partial charge is 0.329 e. The number of benzene rings is 1. The van der Waals surface area contributed by atoms with Gasteiger partial charge >= 0.3 is 6.03 Å². The number of anilines is 1. The predicted octanol–water partition coefficient (Wildman–Crippen LogP) is 1.29. The van der Waals surface area contributed by atoms with Crippen LogP contribution in [0, 0.1) is 0 Å². The molecule has 2 aromatic rings. The van der Waals surface area contributed by atoms with Gasteiger partial charge in [0.25, 0.3) is 0 Å². The van der Waals surface area contributed by atoms with E-state index in [0.717, 1.165) is 61.0 Å². The fourth-order valence-electron chi connectivity index (χ4n) is 3.39. The highest BCUT2D eigenvalue weighted by Gasteiger charge is 2.18. The fourth-order valence-corrected chi connectivity index (χ4v) is 3.39. The molecule has 8 nitrogen and oxygen atoms in total. The van der Waals surface area contributed by atoms with Gasteiger partial charge in [0.15, 0.2) is 0 Å². The minimum Gasteiger partial charge on any atom is -0.367 e. The molecule has 29 heavy (non-hydrogen) atoms. The SMILES string of the molecule is CC(=O)N1CCN(c2ccc(CCc3ccc(CN(N)C(N)=O)cc3)nc2)CC1. The van der Waals surface area contributed by atoms with E-state index in [-0.39, 0.29) is 5.91 Å². The average molecular weight is 396 g/mol. The molecule has 1 saturated heterocycles. The average Bonchev–Trinajstić information content (AvgIpc) is 2.73. The molecular formula is C21H28N6O2. The summed E-state index contributed by atoms with van der Waals surface area (Å²) < 4.78 is 0. The zero-order chi connectivity index (χ0) is 20.8. The van der Waals surface area contributed by atoms with Crippen molar-refractivity contribution in [1.29, 1.82) is 0 Å². The quantitative estimate of drug-likeness (QED) is 0.434. The van der Waals surface area contributed by atoms with Gasteiger partial charge in [-0.2, -0.15) is 0 Å². The number of aryl methyl sites for hydroxylation is 2. The van der Waals surface area contributed by atoms with Crippen molar-refractivity contribution in [2.45, 2.75) is 26.3 Å². The van der Waals surface area contributed by atoms with Crippen molar-refractivity contribution in [3.8, 4) is 0 Å². The highest BCUT2D eigenvalue weighted by Crippen LogP contribution is 2.17. The number of hydrazine groups is 1. The Balaban J connectivity index is 1.49. The number of carbonyl (C=O) groups is 2. The van der Waals surface area contributed by atoms with Gasteiger partial charge in [-0.3, -0.25) is 14.8 Å². The first-order valence-corrected chi connectivity index (χ1v) is 9.77. The second-order valence-electron chi connectivity index (χ2n) is 7.28. The Bertz CT molecular complexity index is 829. The number of aromatic nitrogens is 1. The molecule has 8 heteroatoms. The lowest BCUT2D eigenvalue weighted by Crippen LogP contribution is -2.48. The molecule has 0 bridgehead atoms. The van der Waals surface area contributed by atoms with E-state index in [4.69, 9.17) is 11.6 Å². The predicted molar refractivity (Wildman–Crippen MR) is 112 cm³/mol. The third-order valence-electron chi connectivity index (χ3n) is 5.23. The molecule has 0 spiro atoms. The van der Waals surface area contributed by atoms with Crippen LogP contribution in [0.25, 0.3) is 0 Å². The number of hydrogen-bond acceptors (Lipinski definition) is 5. The molecule has 0 saturated carbocycles. The minimum absolute atomic E-state index is 0.138. The largest absolute Gasteiger partial charge is 0.367 e. The van der Waals surface area contributed by atoms with E-state index in [1.807, 2.05) is 35.4 Å². The second kappa shape index (κ2) is 9.38. The van der Waals surface area contributed by atoms with Gasteiger partial charge in [0.1, 0.15) is 0 Å². The second-order valence-corrected chi connectivity index (χ2v) is 7.28. The normalized spacial score (nSPS) is 14.0. The number of hydrogen-bond donors (Lipinski definition) is 2. The molecule has 1 fully saturated rings. The molecule has 1 aromatic heterocycles. The van der Waals surface area contributed by atoms with Gasteiger partial charge in [-0.25, -0.2) is 10.6 Å². The lowest BCUT2D eigenvalue weighted by atomic mass is 10.1. The lowest BCUT2D eigenvalue weighted by Gasteiger charge is -2.35. The Hall–Kier alpha value is -3.13. The van der Waals surface area contributed by atoms with Crippen LogP contribution in [-0.4, -0.2) is 53.0 Å². The standard InChI is InChI=1S/C21H28N6O2/c1-16(28)25-10-12-26(13-11-25)20-9-8-19(24-14-20)7-6-17-2-4-18(5-3-17)15-27(23)21(22)29/h2-5,8-9,14H,6-7,10-13,15,23H2,1H3,(H2,22,29). The van der Waals surface area contributed by atoms with Gasteiger partial charge in [0.2, 0.25) is 5.91 Å². The van der Waals surface area contributed by atoms with Crippen LogP contribution in [0.4, 0.5) is 10.5 Å². The third kappa shape index (κ3) is 5.68. The Morgan fingerprint density at radius 1 is 1.00 bits per heavy atom. The van der Waals surface area contributed by atoms with Crippen LogP contribution in [-0.2, 0) is 24.2 Å². The number of primary amides is 1. The summed E-state index contributed by atoms with van der Waals surface area (Å²) in [7, 11) is 0. The van der Waals surface area contributed by atoms with Crippen LogP contribution in [0.2, 0.25) is 0 Å². The molecule has 3 rings (SSSR count). The first kappa shape index (κ1) is 20.6. The summed E-state index contributed by atoms with van der Waals surface area (Å²) in [5.41, 5.74) is 9.41. The van der Waals surface area contributed by atoms with Gasteiger partial charge in [-0.05, 0) is 36.1 Å². The number of piperazine rings is 1. The van der Waals surface area contributed by atoms with Gasteiger partial charge in [0, 0.05) is 38.8 Å². The molecule has 0 atom stereocenters.